The maximum atomic E-state index is 15.0. The summed E-state index contributed by atoms with van der Waals surface area (Å²) in [6.07, 6.45) is 4.71. The summed E-state index contributed by atoms with van der Waals surface area (Å²) in [5.41, 5.74) is 5.91. The third-order valence-corrected chi connectivity index (χ3v) is 8.31. The third kappa shape index (κ3) is 8.89. The minimum Gasteiger partial charge on any atom is -0.444 e. The number of benzene rings is 2. The SMILES string of the molecule is CC(C)(C)OC(=O)N[C@@H](C(=O)N1CCCN(C(=O)c2cc(CC(=N)c3ccccc3C(N)=O)ccc2F)CC1)C1CCCCC1. The van der Waals surface area contributed by atoms with Crippen molar-refractivity contribution in [1.29, 1.82) is 5.41 Å². The number of rotatable bonds is 8. The molecule has 0 aromatic heterocycles. The molecular formula is C34H44FN5O5. The molecule has 2 fully saturated rings. The molecule has 1 atom stereocenters. The second-order valence-electron chi connectivity index (χ2n) is 12.9. The average molecular weight is 622 g/mol. The first-order chi connectivity index (χ1) is 21.3. The number of amides is 4. The highest BCUT2D eigenvalue weighted by molar-refractivity contribution is 6.09. The van der Waals surface area contributed by atoms with Crippen LogP contribution in [-0.4, -0.2) is 77.1 Å². The van der Waals surface area contributed by atoms with Crippen LogP contribution in [0.25, 0.3) is 0 Å². The van der Waals surface area contributed by atoms with Gasteiger partial charge in [0, 0.05) is 49.4 Å². The van der Waals surface area contributed by atoms with Gasteiger partial charge in [0.2, 0.25) is 11.8 Å². The van der Waals surface area contributed by atoms with Crippen molar-refractivity contribution in [3.05, 3.63) is 70.5 Å². The number of primary amides is 1. The van der Waals surface area contributed by atoms with E-state index in [4.69, 9.17) is 15.9 Å². The third-order valence-electron chi connectivity index (χ3n) is 8.31. The molecule has 0 bridgehead atoms. The predicted octanol–water partition coefficient (Wildman–Crippen LogP) is 4.68. The second kappa shape index (κ2) is 14.7. The number of halogens is 1. The Labute approximate surface area is 264 Å². The number of carbonyl (C=O) groups excluding carboxylic acids is 4. The number of carbonyl (C=O) groups is 4. The topological polar surface area (TPSA) is 146 Å². The average Bonchev–Trinajstić information content (AvgIpc) is 3.26. The van der Waals surface area contributed by atoms with Gasteiger partial charge in [-0.3, -0.25) is 14.4 Å². The largest absolute Gasteiger partial charge is 0.444 e. The zero-order valence-corrected chi connectivity index (χ0v) is 26.4. The fraction of sp³-hybridized carbons (Fsp3) is 0.500. The van der Waals surface area contributed by atoms with Gasteiger partial charge in [-0.25, -0.2) is 9.18 Å². The van der Waals surface area contributed by atoms with Gasteiger partial charge in [-0.1, -0.05) is 43.5 Å². The Morgan fingerprint density at radius 1 is 0.933 bits per heavy atom. The summed E-state index contributed by atoms with van der Waals surface area (Å²) in [5.74, 6) is -2.01. The molecule has 0 radical (unpaired) electrons. The lowest BCUT2D eigenvalue weighted by Crippen LogP contribution is -2.54. The molecule has 2 aromatic carbocycles. The van der Waals surface area contributed by atoms with E-state index in [0.29, 0.717) is 30.6 Å². The maximum absolute atomic E-state index is 15.0. The van der Waals surface area contributed by atoms with Crippen molar-refractivity contribution in [2.45, 2.75) is 77.4 Å². The molecule has 11 heteroatoms. The summed E-state index contributed by atoms with van der Waals surface area (Å²) in [4.78, 5) is 55.1. The summed E-state index contributed by atoms with van der Waals surface area (Å²) in [7, 11) is 0. The van der Waals surface area contributed by atoms with Crippen LogP contribution in [0.1, 0.15) is 91.1 Å². The molecular weight excluding hydrogens is 577 g/mol. The summed E-state index contributed by atoms with van der Waals surface area (Å²) in [6, 6.07) is 9.99. The highest BCUT2D eigenvalue weighted by atomic mass is 19.1. The summed E-state index contributed by atoms with van der Waals surface area (Å²) < 4.78 is 20.4. The predicted molar refractivity (Wildman–Crippen MR) is 169 cm³/mol. The molecule has 1 aliphatic carbocycles. The van der Waals surface area contributed by atoms with E-state index in [2.05, 4.69) is 5.32 Å². The van der Waals surface area contributed by atoms with E-state index in [9.17, 15) is 23.6 Å². The van der Waals surface area contributed by atoms with E-state index in [1.54, 1.807) is 54.8 Å². The fourth-order valence-corrected chi connectivity index (χ4v) is 6.10. The van der Waals surface area contributed by atoms with Crippen LogP contribution in [0.15, 0.2) is 42.5 Å². The van der Waals surface area contributed by atoms with Crippen LogP contribution in [0.5, 0.6) is 0 Å². The number of nitrogens with one attached hydrogen (secondary N) is 2. The standard InChI is InChI=1S/C34H44FN5O5/c1-34(2,3)45-33(44)38-29(23-10-5-4-6-11-23)32(43)40-17-9-16-39(18-19-40)31(42)26-20-22(14-15-27(26)35)21-28(36)24-12-7-8-13-25(24)30(37)41/h7-8,12-15,20,23,29,36H,4-6,9-11,16-19,21H2,1-3H3,(H2,37,41)(H,38,44)/t29-/m1/s1. The Morgan fingerprint density at radius 2 is 1.58 bits per heavy atom. The zero-order chi connectivity index (χ0) is 32.7. The first-order valence-corrected chi connectivity index (χ1v) is 15.7. The molecule has 0 unspecified atom stereocenters. The van der Waals surface area contributed by atoms with Gasteiger partial charge >= 0.3 is 6.09 Å². The first kappa shape index (κ1) is 33.6. The lowest BCUT2D eigenvalue weighted by molar-refractivity contribution is -0.135. The Morgan fingerprint density at radius 3 is 2.24 bits per heavy atom. The van der Waals surface area contributed by atoms with Crippen LogP contribution >= 0.6 is 0 Å². The highest BCUT2D eigenvalue weighted by Crippen LogP contribution is 2.28. The number of nitrogens with zero attached hydrogens (tertiary/aromatic N) is 2. The molecule has 10 nitrogen and oxygen atoms in total. The molecule has 1 saturated heterocycles. The first-order valence-electron chi connectivity index (χ1n) is 15.7. The molecule has 1 saturated carbocycles. The van der Waals surface area contributed by atoms with E-state index in [-0.39, 0.29) is 48.2 Å². The van der Waals surface area contributed by atoms with Crippen molar-refractivity contribution in [3.8, 4) is 0 Å². The monoisotopic (exact) mass is 621 g/mol. The minimum absolute atomic E-state index is 0.00487. The Balaban J connectivity index is 1.45. The second-order valence-corrected chi connectivity index (χ2v) is 12.9. The zero-order valence-electron chi connectivity index (χ0n) is 26.4. The number of hydrogen-bond donors (Lipinski definition) is 3. The normalized spacial score (nSPS) is 16.8. The summed E-state index contributed by atoms with van der Waals surface area (Å²) >= 11 is 0. The Hall–Kier alpha value is -4.28. The van der Waals surface area contributed by atoms with Crippen LogP contribution < -0.4 is 11.1 Å². The minimum atomic E-state index is -0.716. The van der Waals surface area contributed by atoms with Crippen LogP contribution in [0.4, 0.5) is 9.18 Å². The fourth-order valence-electron chi connectivity index (χ4n) is 6.10. The van der Waals surface area contributed by atoms with Gasteiger partial charge in [0.25, 0.3) is 5.91 Å². The van der Waals surface area contributed by atoms with E-state index < -0.39 is 35.4 Å². The molecule has 4 N–H and O–H groups in total. The van der Waals surface area contributed by atoms with Crippen molar-refractivity contribution in [2.24, 2.45) is 11.7 Å². The van der Waals surface area contributed by atoms with Crippen molar-refractivity contribution < 1.29 is 28.3 Å². The Kier molecular flexibility index (Phi) is 11.0. The molecule has 45 heavy (non-hydrogen) atoms. The van der Waals surface area contributed by atoms with Crippen LogP contribution in [-0.2, 0) is 16.0 Å². The van der Waals surface area contributed by atoms with Crippen LogP contribution in [0, 0.1) is 17.1 Å². The highest BCUT2D eigenvalue weighted by Gasteiger charge is 2.36. The molecule has 242 valence electrons. The van der Waals surface area contributed by atoms with E-state index >= 15 is 0 Å². The van der Waals surface area contributed by atoms with Gasteiger partial charge in [-0.15, -0.1) is 0 Å². The van der Waals surface area contributed by atoms with Gasteiger partial charge in [0.15, 0.2) is 0 Å². The van der Waals surface area contributed by atoms with Gasteiger partial charge in [0.05, 0.1) is 5.56 Å². The quantitative estimate of drug-likeness (QED) is 0.367. The van der Waals surface area contributed by atoms with Crippen LogP contribution in [0.3, 0.4) is 0 Å². The molecule has 1 aliphatic heterocycles. The van der Waals surface area contributed by atoms with Gasteiger partial charge in [0.1, 0.15) is 17.5 Å². The molecule has 2 aromatic rings. The van der Waals surface area contributed by atoms with Gasteiger partial charge in [-0.05, 0) is 69.7 Å². The molecule has 0 spiro atoms. The van der Waals surface area contributed by atoms with E-state index in [1.165, 1.54) is 18.2 Å². The molecule has 2 aliphatic rings. The number of hydrogen-bond acceptors (Lipinski definition) is 6. The van der Waals surface area contributed by atoms with Gasteiger partial charge in [-0.2, -0.15) is 0 Å². The number of ether oxygens (including phenoxy) is 1. The van der Waals surface area contributed by atoms with Crippen molar-refractivity contribution >= 4 is 29.5 Å². The molecule has 4 amide bonds. The summed E-state index contributed by atoms with van der Waals surface area (Å²) in [5, 5.41) is 11.4. The van der Waals surface area contributed by atoms with Crippen molar-refractivity contribution in [1.82, 2.24) is 15.1 Å². The number of nitrogens with two attached hydrogens (primary N) is 1. The molecule has 1 heterocycles. The number of alkyl carbamates (subject to hydrolysis) is 1. The molecule has 4 rings (SSSR count). The van der Waals surface area contributed by atoms with E-state index in [0.717, 1.165) is 32.1 Å². The maximum Gasteiger partial charge on any atom is 0.408 e. The lowest BCUT2D eigenvalue weighted by Gasteiger charge is -2.34. The lowest BCUT2D eigenvalue weighted by atomic mass is 9.83. The Bertz CT molecular complexity index is 1430. The summed E-state index contributed by atoms with van der Waals surface area (Å²) in [6.45, 7) is 6.52. The van der Waals surface area contributed by atoms with Crippen molar-refractivity contribution in [3.63, 3.8) is 0 Å². The van der Waals surface area contributed by atoms with Crippen LogP contribution in [0.2, 0.25) is 0 Å². The van der Waals surface area contributed by atoms with Gasteiger partial charge < -0.3 is 31.0 Å². The smallest absolute Gasteiger partial charge is 0.408 e. The van der Waals surface area contributed by atoms with E-state index in [1.807, 2.05) is 0 Å². The van der Waals surface area contributed by atoms with Crippen molar-refractivity contribution in [2.75, 3.05) is 26.2 Å².